The highest BCUT2D eigenvalue weighted by Gasteiger charge is 2.53. The third-order valence-electron chi connectivity index (χ3n) is 20.3. The molecule has 14 atom stereocenters. The molecule has 12 N–H and O–H groups in total. The molecule has 0 aromatic heterocycles. The summed E-state index contributed by atoms with van der Waals surface area (Å²) in [5.41, 5.74) is 0. The highest BCUT2D eigenvalue weighted by molar-refractivity contribution is 7.44. The van der Waals surface area contributed by atoms with Crippen LogP contribution in [0.15, 0.2) is 0 Å². The highest BCUT2D eigenvalue weighted by atomic mass is 31.2. The number of aliphatic hydroxyl groups is 5. The molecular weight excluding hydrogens is 1350 g/mol. The molecule has 0 bridgehead atoms. The number of aliphatic hydroxyl groups excluding tert-OH is 5. The van der Waals surface area contributed by atoms with Crippen molar-refractivity contribution in [1.82, 2.24) is 16.8 Å². The number of hydrogen-bond donors (Lipinski definition) is 9. The van der Waals surface area contributed by atoms with Gasteiger partial charge in [0.15, 0.2) is 18.7 Å². The topological polar surface area (TPSA) is 372 Å². The third-order valence-corrected chi connectivity index (χ3v) is 20.9. The number of hydrogen-bond acceptors (Lipinski definition) is 19. The van der Waals surface area contributed by atoms with Crippen molar-refractivity contribution in [2.24, 2.45) is 0 Å². The van der Waals surface area contributed by atoms with Gasteiger partial charge in [-0.25, -0.2) is 0 Å². The molecule has 2 amide bonds. The molecule has 0 aliphatic carbocycles. The number of amides is 2. The normalized spacial score (nSPS) is 21.8. The molecular formula is C80H154N3O20P. The molecule has 0 radical (unpaired) electrons. The summed E-state index contributed by atoms with van der Waals surface area (Å²) in [7, 11) is -5.80. The van der Waals surface area contributed by atoms with Gasteiger partial charge in [-0.05, 0) is 44.9 Å². The summed E-state index contributed by atoms with van der Waals surface area (Å²) in [6.45, 7) is 9.12. The molecule has 0 spiro atoms. The van der Waals surface area contributed by atoms with Crippen molar-refractivity contribution in [2.45, 2.75) is 467 Å². The van der Waals surface area contributed by atoms with E-state index in [2.05, 4.69) is 45.3 Å². The lowest BCUT2D eigenvalue weighted by Crippen LogP contribution is -2.67. The number of nitrogens with one attached hydrogen (secondary N) is 2. The molecule has 2 heterocycles. The number of phosphoric acid groups is 1. The Kier molecular flexibility index (Phi) is 61.8. The van der Waals surface area contributed by atoms with Gasteiger partial charge >= 0.3 is 17.9 Å². The Bertz CT molecular complexity index is 2150. The Labute approximate surface area is 629 Å². The minimum absolute atomic E-state index is 0. The molecule has 2 fully saturated rings. The van der Waals surface area contributed by atoms with Gasteiger partial charge in [-0.2, -0.15) is 0 Å². The van der Waals surface area contributed by atoms with Gasteiger partial charge in [-0.15, -0.1) is 0 Å². The summed E-state index contributed by atoms with van der Waals surface area (Å²) in [5.74, 6) is -3.52. The summed E-state index contributed by atoms with van der Waals surface area (Å²) in [6, 6.07) is -3.35. The lowest BCUT2D eigenvalue weighted by Gasteiger charge is -2.47. The van der Waals surface area contributed by atoms with E-state index in [9.17, 15) is 63.9 Å². The van der Waals surface area contributed by atoms with E-state index in [0.717, 1.165) is 154 Å². The zero-order valence-corrected chi connectivity index (χ0v) is 67.1. The zero-order chi connectivity index (χ0) is 75.6. The van der Waals surface area contributed by atoms with Crippen LogP contribution < -0.4 is 21.7 Å². The standard InChI is InChI=1S/C80H151N2O20P.H3N/c1-6-11-16-21-26-31-32-37-42-47-52-57-71(88)98-65(55-50-45-40-35-29-24-19-14-9-4)60-72(89)101-78-74(82-69(86)59-64(54-49-44-39-34-28-23-18-13-8-3)97-70(87)56-51-46-41-36-30-25-20-15-10-5)80(100-66(61-83)77(78)102-103(93,94)95)96-62-67-75(90)76(91)73(79(92)99-67)81-68(85)58-63(84)53-48-43-38-33-27-22-17-12-7-2;/h63-67,73-80,83-84,90-92H,6-62H2,1-5H3,(H,81,85)(H,82,86)(H2,93,94,95);1H3. The van der Waals surface area contributed by atoms with Crippen LogP contribution in [0.1, 0.15) is 388 Å². The van der Waals surface area contributed by atoms with Crippen LogP contribution in [0.25, 0.3) is 0 Å². The van der Waals surface area contributed by atoms with Crippen molar-refractivity contribution in [3.8, 4) is 0 Å². The number of quaternary nitrogens is 1. The fourth-order valence-electron chi connectivity index (χ4n) is 14.1. The van der Waals surface area contributed by atoms with Crippen LogP contribution in [-0.2, 0) is 61.5 Å². The molecule has 0 saturated carbocycles. The van der Waals surface area contributed by atoms with Gasteiger partial charge in [0, 0.05) is 12.8 Å². The second-order valence-electron chi connectivity index (χ2n) is 30.0. The van der Waals surface area contributed by atoms with Crippen molar-refractivity contribution >= 4 is 37.5 Å². The van der Waals surface area contributed by atoms with E-state index in [0.29, 0.717) is 44.9 Å². The van der Waals surface area contributed by atoms with Gasteiger partial charge < -0.3 is 85.0 Å². The maximum Gasteiger partial charge on any atom is 0.310 e. The third kappa shape index (κ3) is 50.0. The van der Waals surface area contributed by atoms with Crippen LogP contribution in [0, 0.1) is 0 Å². The Morgan fingerprint density at radius 2 is 0.779 bits per heavy atom. The maximum absolute atomic E-state index is 14.8. The first kappa shape index (κ1) is 99.1. The van der Waals surface area contributed by atoms with E-state index >= 15 is 0 Å². The molecule has 104 heavy (non-hydrogen) atoms. The van der Waals surface area contributed by atoms with E-state index < -0.39 is 143 Å². The van der Waals surface area contributed by atoms with Gasteiger partial charge in [-0.3, -0.25) is 28.5 Å². The number of rotatable bonds is 69. The van der Waals surface area contributed by atoms with Crippen LogP contribution in [0.3, 0.4) is 0 Å². The minimum Gasteiger partial charge on any atom is -0.756 e. The van der Waals surface area contributed by atoms with Crippen molar-refractivity contribution < 1.29 is 96.8 Å². The SMILES string of the molecule is CCCCCCCCCCCCCC(=O)OC(CCCCCCCCCCC)CC(=O)OC1C(NC(=O)CC(CCCCCCCCCCC)OC(=O)CCCCCCCCCCC)C(OCC2OC(O)C(NC(=O)CC(O)CCCCCCCCCCC)C(O)C2O)OC(CO)C1OP(=O)([O-])O.[NH4+]. The summed E-state index contributed by atoms with van der Waals surface area (Å²) in [6.07, 6.45) is 31.4. The van der Waals surface area contributed by atoms with Gasteiger partial charge in [0.1, 0.15) is 54.8 Å². The first-order valence-corrected chi connectivity index (χ1v) is 43.4. The van der Waals surface area contributed by atoms with Crippen molar-refractivity contribution in [2.75, 3.05) is 13.2 Å². The van der Waals surface area contributed by atoms with Gasteiger partial charge in [0.05, 0.1) is 38.6 Å². The fraction of sp³-hybridized carbons (Fsp3) is 0.938. The number of carbonyl (C=O) groups excluding carboxylic acids is 5. The molecule has 0 aromatic rings. The number of ether oxygens (including phenoxy) is 6. The maximum atomic E-state index is 14.8. The second kappa shape index (κ2) is 64.9. The predicted molar refractivity (Wildman–Crippen MR) is 407 cm³/mol. The molecule has 614 valence electrons. The molecule has 2 aliphatic rings. The number of phosphoric ester groups is 1. The fourth-order valence-corrected chi connectivity index (χ4v) is 14.6. The Morgan fingerprint density at radius 1 is 0.433 bits per heavy atom. The van der Waals surface area contributed by atoms with Gasteiger partial charge in [0.2, 0.25) is 11.8 Å². The van der Waals surface area contributed by atoms with Crippen LogP contribution in [0.5, 0.6) is 0 Å². The Balaban J connectivity index is 0.0000541. The van der Waals surface area contributed by atoms with Gasteiger partial charge in [-0.1, -0.05) is 311 Å². The minimum atomic E-state index is -5.80. The smallest absolute Gasteiger partial charge is 0.310 e. The van der Waals surface area contributed by atoms with Crippen molar-refractivity contribution in [1.29, 1.82) is 0 Å². The van der Waals surface area contributed by atoms with Crippen LogP contribution in [-0.4, -0.2) is 153 Å². The largest absolute Gasteiger partial charge is 0.756 e. The molecule has 14 unspecified atom stereocenters. The Morgan fingerprint density at radius 3 is 1.16 bits per heavy atom. The van der Waals surface area contributed by atoms with E-state index in [1.54, 1.807) is 0 Å². The lowest BCUT2D eigenvalue weighted by atomic mass is 9.95. The van der Waals surface area contributed by atoms with E-state index in [1.807, 2.05) is 0 Å². The molecule has 23 nitrogen and oxygen atoms in total. The van der Waals surface area contributed by atoms with Crippen molar-refractivity contribution in [3.05, 3.63) is 0 Å². The monoisotopic (exact) mass is 1510 g/mol. The number of unbranched alkanes of at least 4 members (excludes halogenated alkanes) is 42. The van der Waals surface area contributed by atoms with Crippen LogP contribution in [0.2, 0.25) is 0 Å². The summed E-state index contributed by atoms with van der Waals surface area (Å²) >= 11 is 0. The van der Waals surface area contributed by atoms with Gasteiger partial charge in [0.25, 0.3) is 7.82 Å². The Hall–Kier alpha value is -2.90. The predicted octanol–water partition coefficient (Wildman–Crippen LogP) is 16.0. The summed E-state index contributed by atoms with van der Waals surface area (Å²) in [5, 5.41) is 61.1. The molecule has 2 saturated heterocycles. The average molecular weight is 1510 g/mol. The average Bonchev–Trinajstić information content (AvgIpc) is 0.781. The molecule has 2 rings (SSSR count). The van der Waals surface area contributed by atoms with Crippen LogP contribution >= 0.6 is 7.82 Å². The first-order valence-electron chi connectivity index (χ1n) is 42.0. The first-order chi connectivity index (χ1) is 49.8. The molecule has 24 heteroatoms. The zero-order valence-electron chi connectivity index (χ0n) is 66.2. The summed E-state index contributed by atoms with van der Waals surface area (Å²) < 4.78 is 54.4. The molecule has 0 aromatic carbocycles. The second-order valence-corrected chi connectivity index (χ2v) is 31.1. The summed E-state index contributed by atoms with van der Waals surface area (Å²) in [4.78, 5) is 93.1. The number of esters is 3. The lowest BCUT2D eigenvalue weighted by molar-refractivity contribution is -0.304. The molecule has 2 aliphatic heterocycles. The number of carbonyl (C=O) groups is 5. The van der Waals surface area contributed by atoms with Crippen LogP contribution in [0.4, 0.5) is 0 Å². The van der Waals surface area contributed by atoms with E-state index in [1.165, 1.54) is 116 Å². The quantitative estimate of drug-likeness (QED) is 0.0118. The highest BCUT2D eigenvalue weighted by Crippen LogP contribution is 2.40. The van der Waals surface area contributed by atoms with Crippen molar-refractivity contribution in [3.63, 3.8) is 0 Å². The van der Waals surface area contributed by atoms with E-state index in [-0.39, 0.29) is 31.8 Å². The van der Waals surface area contributed by atoms with E-state index in [4.69, 9.17) is 32.9 Å².